The first-order valence-electron chi connectivity index (χ1n) is 9.96. The van der Waals surface area contributed by atoms with Gasteiger partial charge in [-0.3, -0.25) is 9.58 Å². The van der Waals surface area contributed by atoms with Crippen LogP contribution in [0.15, 0.2) is 30.7 Å². The third kappa shape index (κ3) is 3.30. The van der Waals surface area contributed by atoms with Crippen molar-refractivity contribution in [1.29, 1.82) is 0 Å². The Labute approximate surface area is 174 Å². The lowest BCUT2D eigenvalue weighted by molar-refractivity contribution is -0.0720. The van der Waals surface area contributed by atoms with Gasteiger partial charge in [-0.25, -0.2) is 4.68 Å². The fourth-order valence-electron chi connectivity index (χ4n) is 4.27. The second-order valence-electron chi connectivity index (χ2n) is 8.01. The number of aliphatic hydroxyl groups is 1. The van der Waals surface area contributed by atoms with E-state index in [0.717, 1.165) is 53.5 Å². The molecule has 0 radical (unpaired) electrons. The van der Waals surface area contributed by atoms with Crippen molar-refractivity contribution in [3.05, 3.63) is 35.7 Å². The van der Waals surface area contributed by atoms with E-state index in [1.165, 1.54) is 0 Å². The lowest BCUT2D eigenvalue weighted by Gasteiger charge is -2.39. The number of anilines is 1. The van der Waals surface area contributed by atoms with Crippen LogP contribution >= 0.6 is 11.6 Å². The number of fused-ring (bicyclic) bond motifs is 1. The molecule has 2 fully saturated rings. The van der Waals surface area contributed by atoms with Gasteiger partial charge in [0.1, 0.15) is 11.9 Å². The number of benzene rings is 1. The molecule has 1 N–H and O–H groups in total. The van der Waals surface area contributed by atoms with Crippen LogP contribution in [0, 0.1) is 5.92 Å². The van der Waals surface area contributed by atoms with Gasteiger partial charge in [0, 0.05) is 44.5 Å². The maximum atomic E-state index is 10.4. The van der Waals surface area contributed by atoms with E-state index in [1.807, 2.05) is 37.1 Å². The number of aryl methyl sites for hydroxylation is 1. The highest BCUT2D eigenvalue weighted by atomic mass is 35.5. The number of ether oxygens (including phenoxy) is 1. The van der Waals surface area contributed by atoms with E-state index in [-0.39, 0.29) is 12.1 Å². The summed E-state index contributed by atoms with van der Waals surface area (Å²) >= 11 is 6.63. The highest BCUT2D eigenvalue weighted by Crippen LogP contribution is 2.33. The van der Waals surface area contributed by atoms with Gasteiger partial charge in [0.25, 0.3) is 0 Å². The lowest BCUT2D eigenvalue weighted by atomic mass is 10.1. The molecule has 4 heterocycles. The van der Waals surface area contributed by atoms with E-state index in [1.54, 1.807) is 10.9 Å². The van der Waals surface area contributed by atoms with E-state index in [2.05, 4.69) is 26.1 Å². The molecule has 3 unspecified atom stereocenters. The van der Waals surface area contributed by atoms with Crippen LogP contribution in [0.1, 0.15) is 6.92 Å². The first-order valence-corrected chi connectivity index (χ1v) is 10.3. The number of aliphatic hydroxyl groups excluding tert-OH is 1. The summed E-state index contributed by atoms with van der Waals surface area (Å²) in [6.45, 7) is 5.95. The largest absolute Gasteiger partial charge is 0.389 e. The van der Waals surface area contributed by atoms with Crippen molar-refractivity contribution in [1.82, 2.24) is 24.5 Å². The minimum absolute atomic E-state index is 0.183. The van der Waals surface area contributed by atoms with Gasteiger partial charge < -0.3 is 14.7 Å². The van der Waals surface area contributed by atoms with Gasteiger partial charge in [0.05, 0.1) is 47.5 Å². The van der Waals surface area contributed by atoms with E-state index in [4.69, 9.17) is 16.3 Å². The Balaban J connectivity index is 1.39. The van der Waals surface area contributed by atoms with Gasteiger partial charge in [0.2, 0.25) is 0 Å². The number of nitrogens with zero attached hydrogens (tertiary/aromatic N) is 6. The van der Waals surface area contributed by atoms with Gasteiger partial charge in [0.15, 0.2) is 0 Å². The van der Waals surface area contributed by atoms with E-state index in [9.17, 15) is 5.11 Å². The summed E-state index contributed by atoms with van der Waals surface area (Å²) in [5.74, 6) is 0.183. The molecule has 3 atom stereocenters. The first kappa shape index (κ1) is 18.9. The summed E-state index contributed by atoms with van der Waals surface area (Å²) in [6.07, 6.45) is 4.95. The molecule has 2 aliphatic heterocycles. The molecule has 3 aromatic rings. The molecule has 8 nitrogen and oxygen atoms in total. The maximum absolute atomic E-state index is 10.4. The molecular weight excluding hydrogens is 392 g/mol. The zero-order valence-electron chi connectivity index (χ0n) is 16.6. The molecule has 1 aromatic carbocycles. The standard InChI is InChI=1S/C20H25ClN6O2/c1-13-12-29-20(19(13)28)26-5-3-25(4-6-26)18-8-17-14(7-16(18)21)9-23-27(17)15-10-22-24(2)11-15/h7-11,13,19-20,28H,3-6,12H2,1-2H3. The molecule has 154 valence electrons. The Kier molecular flexibility index (Phi) is 4.74. The highest BCUT2D eigenvalue weighted by molar-refractivity contribution is 6.34. The summed E-state index contributed by atoms with van der Waals surface area (Å²) in [7, 11) is 1.89. The van der Waals surface area contributed by atoms with Crippen molar-refractivity contribution in [2.45, 2.75) is 19.3 Å². The van der Waals surface area contributed by atoms with Crippen molar-refractivity contribution in [3.63, 3.8) is 0 Å². The van der Waals surface area contributed by atoms with Crippen LogP contribution in [0.2, 0.25) is 5.02 Å². The smallest absolute Gasteiger partial charge is 0.137 e. The van der Waals surface area contributed by atoms with Crippen LogP contribution < -0.4 is 4.90 Å². The lowest BCUT2D eigenvalue weighted by Crippen LogP contribution is -2.53. The molecule has 0 saturated carbocycles. The molecule has 0 spiro atoms. The summed E-state index contributed by atoms with van der Waals surface area (Å²) < 4.78 is 9.46. The van der Waals surface area contributed by atoms with Crippen LogP contribution in [0.25, 0.3) is 16.6 Å². The van der Waals surface area contributed by atoms with Crippen LogP contribution in [0.4, 0.5) is 5.69 Å². The minimum atomic E-state index is -0.421. The maximum Gasteiger partial charge on any atom is 0.137 e. The molecule has 0 aliphatic carbocycles. The van der Waals surface area contributed by atoms with Crippen molar-refractivity contribution in [2.75, 3.05) is 37.7 Å². The topological polar surface area (TPSA) is 71.6 Å². The Bertz CT molecular complexity index is 1030. The normalized spacial score (nSPS) is 25.9. The third-order valence-corrected chi connectivity index (χ3v) is 6.30. The van der Waals surface area contributed by atoms with Gasteiger partial charge in [-0.15, -0.1) is 0 Å². The molecule has 2 aliphatic rings. The number of hydrogen-bond acceptors (Lipinski definition) is 6. The molecule has 2 saturated heterocycles. The zero-order chi connectivity index (χ0) is 20.1. The predicted octanol–water partition coefficient (Wildman–Crippen LogP) is 1.89. The Morgan fingerprint density at radius 3 is 2.59 bits per heavy atom. The summed E-state index contributed by atoms with van der Waals surface area (Å²) in [5, 5.41) is 20.8. The van der Waals surface area contributed by atoms with Gasteiger partial charge >= 0.3 is 0 Å². The molecule has 0 amide bonds. The summed E-state index contributed by atoms with van der Waals surface area (Å²) in [6, 6.07) is 4.08. The summed E-state index contributed by atoms with van der Waals surface area (Å²) in [5.41, 5.74) is 2.93. The fraction of sp³-hybridized carbons (Fsp3) is 0.500. The van der Waals surface area contributed by atoms with Gasteiger partial charge in [-0.05, 0) is 12.1 Å². The van der Waals surface area contributed by atoms with Gasteiger partial charge in [-0.2, -0.15) is 10.2 Å². The van der Waals surface area contributed by atoms with Crippen LogP contribution in [-0.2, 0) is 11.8 Å². The molecule has 5 rings (SSSR count). The zero-order valence-corrected chi connectivity index (χ0v) is 17.3. The monoisotopic (exact) mass is 416 g/mol. The SMILES string of the molecule is CC1COC(N2CCN(c3cc4c(cnn4-c4cnn(C)c4)cc3Cl)CC2)C1O. The van der Waals surface area contributed by atoms with Crippen molar-refractivity contribution >= 4 is 28.2 Å². The fourth-order valence-corrected chi connectivity index (χ4v) is 4.56. The molecular formula is C20H25ClN6O2. The number of hydrogen-bond donors (Lipinski definition) is 1. The Hall–Kier alpha value is -2.13. The second kappa shape index (κ2) is 7.28. The number of piperazine rings is 1. The third-order valence-electron chi connectivity index (χ3n) is 5.99. The van der Waals surface area contributed by atoms with Crippen LogP contribution in [0.3, 0.4) is 0 Å². The van der Waals surface area contributed by atoms with Crippen molar-refractivity contribution in [2.24, 2.45) is 13.0 Å². The molecule has 0 bridgehead atoms. The summed E-state index contributed by atoms with van der Waals surface area (Å²) in [4.78, 5) is 4.53. The van der Waals surface area contributed by atoms with E-state index >= 15 is 0 Å². The van der Waals surface area contributed by atoms with Crippen molar-refractivity contribution in [3.8, 4) is 5.69 Å². The van der Waals surface area contributed by atoms with Gasteiger partial charge in [-0.1, -0.05) is 18.5 Å². The average molecular weight is 417 g/mol. The number of halogens is 1. The highest BCUT2D eigenvalue weighted by Gasteiger charge is 2.38. The van der Waals surface area contributed by atoms with Crippen LogP contribution in [-0.4, -0.2) is 74.7 Å². The Morgan fingerprint density at radius 2 is 1.93 bits per heavy atom. The number of rotatable bonds is 3. The Morgan fingerprint density at radius 1 is 1.14 bits per heavy atom. The number of aromatic nitrogens is 4. The molecule has 29 heavy (non-hydrogen) atoms. The first-order chi connectivity index (χ1) is 14.0. The van der Waals surface area contributed by atoms with Crippen LogP contribution in [0.5, 0.6) is 0 Å². The molecule has 9 heteroatoms. The quantitative estimate of drug-likeness (QED) is 0.703. The average Bonchev–Trinajstić information content (AvgIpc) is 3.41. The van der Waals surface area contributed by atoms with Crippen molar-refractivity contribution < 1.29 is 9.84 Å². The molecule has 2 aromatic heterocycles. The predicted molar refractivity (Wildman–Crippen MR) is 112 cm³/mol. The van der Waals surface area contributed by atoms with E-state index in [0.29, 0.717) is 6.61 Å². The minimum Gasteiger partial charge on any atom is -0.389 e. The van der Waals surface area contributed by atoms with E-state index < -0.39 is 6.10 Å². The second-order valence-corrected chi connectivity index (χ2v) is 8.41.